The molecular formula is C10H19F3N2O2. The van der Waals surface area contributed by atoms with Crippen LogP contribution in [0.5, 0.6) is 0 Å². The van der Waals surface area contributed by atoms with Crippen molar-refractivity contribution in [3.63, 3.8) is 0 Å². The van der Waals surface area contributed by atoms with Gasteiger partial charge in [-0.3, -0.25) is 4.79 Å². The van der Waals surface area contributed by atoms with E-state index in [4.69, 9.17) is 5.73 Å². The number of rotatable bonds is 8. The van der Waals surface area contributed by atoms with Crippen LogP contribution in [0.2, 0.25) is 0 Å². The van der Waals surface area contributed by atoms with Crippen molar-refractivity contribution in [3.8, 4) is 0 Å². The Morgan fingerprint density at radius 3 is 2.47 bits per heavy atom. The van der Waals surface area contributed by atoms with Crippen LogP contribution >= 0.6 is 0 Å². The molecule has 0 heterocycles. The second-order valence-electron chi connectivity index (χ2n) is 3.77. The summed E-state index contributed by atoms with van der Waals surface area (Å²) in [7, 11) is 1.54. The molecule has 0 aromatic rings. The maximum absolute atomic E-state index is 11.7. The van der Waals surface area contributed by atoms with Gasteiger partial charge in [-0.25, -0.2) is 0 Å². The number of nitrogens with zero attached hydrogens (tertiary/aromatic N) is 1. The number of unbranched alkanes of at least 4 members (excludes halogenated alkanes) is 2. The average molecular weight is 256 g/mol. The van der Waals surface area contributed by atoms with Gasteiger partial charge in [0.15, 0.2) is 0 Å². The Hall–Kier alpha value is -0.820. The van der Waals surface area contributed by atoms with Gasteiger partial charge in [0.1, 0.15) is 13.2 Å². The Morgan fingerprint density at radius 2 is 1.94 bits per heavy atom. The topological polar surface area (TPSA) is 55.6 Å². The molecule has 0 aliphatic heterocycles. The third kappa shape index (κ3) is 10.1. The summed E-state index contributed by atoms with van der Waals surface area (Å²) in [5, 5.41) is 0. The summed E-state index contributed by atoms with van der Waals surface area (Å²) < 4.78 is 39.5. The summed E-state index contributed by atoms with van der Waals surface area (Å²) in [5.41, 5.74) is 5.30. The number of hydrogen-bond acceptors (Lipinski definition) is 3. The molecule has 17 heavy (non-hydrogen) atoms. The number of alkyl halides is 3. The largest absolute Gasteiger partial charge is 0.411 e. The van der Waals surface area contributed by atoms with Crippen LogP contribution in [0.25, 0.3) is 0 Å². The molecule has 0 fully saturated rings. The van der Waals surface area contributed by atoms with Crippen molar-refractivity contribution in [2.24, 2.45) is 5.73 Å². The van der Waals surface area contributed by atoms with Gasteiger partial charge in [0.2, 0.25) is 5.91 Å². The Bertz CT molecular complexity index is 222. The number of likely N-dealkylation sites (N-methyl/N-ethyl adjacent to an activating group) is 1. The molecule has 0 saturated heterocycles. The Morgan fingerprint density at radius 1 is 1.29 bits per heavy atom. The van der Waals surface area contributed by atoms with Crippen molar-refractivity contribution in [3.05, 3.63) is 0 Å². The number of ether oxygens (including phenoxy) is 1. The molecule has 0 unspecified atom stereocenters. The van der Waals surface area contributed by atoms with Gasteiger partial charge in [-0.1, -0.05) is 6.42 Å². The van der Waals surface area contributed by atoms with Gasteiger partial charge in [0.05, 0.1) is 0 Å². The van der Waals surface area contributed by atoms with E-state index in [1.54, 1.807) is 7.05 Å². The Labute approximate surface area is 98.9 Å². The summed E-state index contributed by atoms with van der Waals surface area (Å²) in [6.07, 6.45) is -1.82. The fourth-order valence-electron chi connectivity index (χ4n) is 1.16. The first-order chi connectivity index (χ1) is 7.87. The quantitative estimate of drug-likeness (QED) is 0.663. The third-order valence-corrected chi connectivity index (χ3v) is 2.11. The zero-order valence-corrected chi connectivity index (χ0v) is 9.92. The van der Waals surface area contributed by atoms with Gasteiger partial charge < -0.3 is 15.4 Å². The van der Waals surface area contributed by atoms with Gasteiger partial charge in [-0.2, -0.15) is 13.2 Å². The lowest BCUT2D eigenvalue weighted by Gasteiger charge is -2.17. The predicted octanol–water partition coefficient (Wildman–Crippen LogP) is 1.15. The molecule has 0 aliphatic rings. The maximum Gasteiger partial charge on any atom is 0.411 e. The molecule has 1 amide bonds. The summed E-state index contributed by atoms with van der Waals surface area (Å²) in [6, 6.07) is 0. The number of carbonyl (C=O) groups excluding carboxylic acids is 1. The van der Waals surface area contributed by atoms with Crippen molar-refractivity contribution in [1.29, 1.82) is 0 Å². The molecule has 4 nitrogen and oxygen atoms in total. The van der Waals surface area contributed by atoms with Crippen LogP contribution in [0.4, 0.5) is 13.2 Å². The van der Waals surface area contributed by atoms with Crippen molar-refractivity contribution < 1.29 is 22.7 Å². The summed E-state index contributed by atoms with van der Waals surface area (Å²) in [5.74, 6) is -0.443. The smallest absolute Gasteiger partial charge is 0.362 e. The molecule has 2 N–H and O–H groups in total. The summed E-state index contributed by atoms with van der Waals surface area (Å²) in [4.78, 5) is 12.7. The van der Waals surface area contributed by atoms with Crippen molar-refractivity contribution in [2.45, 2.75) is 25.4 Å². The minimum Gasteiger partial charge on any atom is -0.362 e. The predicted molar refractivity (Wildman–Crippen MR) is 57.4 cm³/mol. The van der Waals surface area contributed by atoms with E-state index in [-0.39, 0.29) is 0 Å². The van der Waals surface area contributed by atoms with Crippen LogP contribution in [0.1, 0.15) is 19.3 Å². The first kappa shape index (κ1) is 16.2. The fraction of sp³-hybridized carbons (Fsp3) is 0.900. The Balaban J connectivity index is 3.60. The van der Waals surface area contributed by atoms with E-state index < -0.39 is 25.3 Å². The van der Waals surface area contributed by atoms with Crippen LogP contribution in [0.3, 0.4) is 0 Å². The molecule has 0 rings (SSSR count). The lowest BCUT2D eigenvalue weighted by molar-refractivity contribution is -0.177. The van der Waals surface area contributed by atoms with Gasteiger partial charge in [0, 0.05) is 13.6 Å². The van der Waals surface area contributed by atoms with Gasteiger partial charge in [-0.05, 0) is 19.4 Å². The van der Waals surface area contributed by atoms with E-state index in [2.05, 4.69) is 4.74 Å². The minimum atomic E-state index is -4.39. The maximum atomic E-state index is 11.7. The second kappa shape index (κ2) is 8.30. The average Bonchev–Trinajstić information content (AvgIpc) is 2.22. The van der Waals surface area contributed by atoms with Gasteiger partial charge in [0.25, 0.3) is 0 Å². The van der Waals surface area contributed by atoms with Crippen LogP contribution in [-0.4, -0.2) is 50.3 Å². The van der Waals surface area contributed by atoms with E-state index in [1.807, 2.05) is 0 Å². The highest BCUT2D eigenvalue weighted by molar-refractivity contribution is 5.77. The molecule has 0 radical (unpaired) electrons. The molecule has 0 spiro atoms. The number of carbonyl (C=O) groups is 1. The minimum absolute atomic E-state index is 0.443. The van der Waals surface area contributed by atoms with Crippen LogP contribution in [0.15, 0.2) is 0 Å². The normalized spacial score (nSPS) is 11.6. The molecule has 7 heteroatoms. The first-order valence-corrected chi connectivity index (χ1v) is 5.45. The molecule has 0 bridgehead atoms. The SMILES string of the molecule is CN(CCCCCN)C(=O)COCC(F)(F)F. The number of hydrogen-bond donors (Lipinski definition) is 1. The van der Waals surface area contributed by atoms with E-state index in [0.29, 0.717) is 13.1 Å². The highest BCUT2D eigenvalue weighted by Crippen LogP contribution is 2.14. The highest BCUT2D eigenvalue weighted by atomic mass is 19.4. The lowest BCUT2D eigenvalue weighted by Crippen LogP contribution is -2.32. The van der Waals surface area contributed by atoms with Gasteiger partial charge >= 0.3 is 6.18 Å². The second-order valence-corrected chi connectivity index (χ2v) is 3.77. The van der Waals surface area contributed by atoms with Gasteiger partial charge in [-0.15, -0.1) is 0 Å². The van der Waals surface area contributed by atoms with Crippen molar-refractivity contribution in [1.82, 2.24) is 4.90 Å². The summed E-state index contributed by atoms with van der Waals surface area (Å²) >= 11 is 0. The standard InChI is InChI=1S/C10H19F3N2O2/c1-15(6-4-2-3-5-14)9(16)7-17-8-10(11,12)13/h2-8,14H2,1H3. The zero-order valence-electron chi connectivity index (χ0n) is 9.92. The molecule has 102 valence electrons. The van der Waals surface area contributed by atoms with Crippen LogP contribution in [0, 0.1) is 0 Å². The first-order valence-electron chi connectivity index (χ1n) is 5.45. The third-order valence-electron chi connectivity index (χ3n) is 2.11. The van der Waals surface area contributed by atoms with E-state index in [0.717, 1.165) is 19.3 Å². The van der Waals surface area contributed by atoms with E-state index >= 15 is 0 Å². The number of nitrogens with two attached hydrogens (primary N) is 1. The monoisotopic (exact) mass is 256 g/mol. The molecular weight excluding hydrogens is 237 g/mol. The zero-order chi connectivity index (χ0) is 13.3. The molecule has 0 aromatic heterocycles. The number of halogens is 3. The van der Waals surface area contributed by atoms with Crippen LogP contribution in [-0.2, 0) is 9.53 Å². The molecule has 0 atom stereocenters. The van der Waals surface area contributed by atoms with E-state index in [1.165, 1.54) is 4.90 Å². The Kier molecular flexibility index (Phi) is 7.90. The molecule has 0 saturated carbocycles. The number of amides is 1. The summed E-state index contributed by atoms with van der Waals surface area (Å²) in [6.45, 7) is -0.812. The van der Waals surface area contributed by atoms with Crippen molar-refractivity contribution in [2.75, 3.05) is 33.4 Å². The van der Waals surface area contributed by atoms with Crippen molar-refractivity contribution >= 4 is 5.91 Å². The lowest BCUT2D eigenvalue weighted by atomic mass is 10.2. The molecule has 0 aliphatic carbocycles. The van der Waals surface area contributed by atoms with Crippen LogP contribution < -0.4 is 5.73 Å². The highest BCUT2D eigenvalue weighted by Gasteiger charge is 2.27. The molecule has 0 aromatic carbocycles. The van der Waals surface area contributed by atoms with E-state index in [9.17, 15) is 18.0 Å². The fourth-order valence-corrected chi connectivity index (χ4v) is 1.16.